The van der Waals surface area contributed by atoms with E-state index < -0.39 is 8.32 Å². The van der Waals surface area contributed by atoms with Gasteiger partial charge in [-0.3, -0.25) is 0 Å². The summed E-state index contributed by atoms with van der Waals surface area (Å²) < 4.78 is 5.87. The molecule has 92 valence electrons. The summed E-state index contributed by atoms with van der Waals surface area (Å²) in [6.45, 7) is 4.33. The molecule has 0 saturated heterocycles. The molecule has 0 heterocycles. The van der Waals surface area contributed by atoms with Gasteiger partial charge in [0.15, 0.2) is 6.40 Å². The molecule has 0 saturated carbocycles. The van der Waals surface area contributed by atoms with Crippen LogP contribution >= 0.6 is 0 Å². The van der Waals surface area contributed by atoms with Gasteiger partial charge >= 0.3 is 0 Å². The molecule has 0 aliphatic heterocycles. The zero-order valence-corrected chi connectivity index (χ0v) is 11.7. The van der Waals surface area contributed by atoms with Crippen LogP contribution < -0.4 is 5.19 Å². The van der Waals surface area contributed by atoms with Gasteiger partial charge in [0.05, 0.1) is 5.69 Å². The summed E-state index contributed by atoms with van der Waals surface area (Å²) in [5, 5.41) is 1.27. The Bertz CT molecular complexity index is 509. The minimum atomic E-state index is -1.88. The fourth-order valence-electron chi connectivity index (χ4n) is 1.64. The summed E-state index contributed by atoms with van der Waals surface area (Å²) in [6.07, 6.45) is 1.58. The Hall–Kier alpha value is -1.87. The highest BCUT2D eigenvalue weighted by Gasteiger charge is 2.25. The van der Waals surface area contributed by atoms with Crippen LogP contribution in [-0.4, -0.2) is 14.7 Å². The highest BCUT2D eigenvalue weighted by atomic mass is 28.4. The number of para-hydroxylation sites is 1. The van der Waals surface area contributed by atoms with Gasteiger partial charge in [0.1, 0.15) is 0 Å². The molecule has 0 aromatic heterocycles. The summed E-state index contributed by atoms with van der Waals surface area (Å²) in [5.74, 6) is 0. The van der Waals surface area contributed by atoms with Crippen molar-refractivity contribution in [3.05, 3.63) is 60.7 Å². The summed E-state index contributed by atoms with van der Waals surface area (Å²) in [7, 11) is -1.88. The second kappa shape index (κ2) is 5.64. The Balaban J connectivity index is 2.04. The molecule has 0 radical (unpaired) electrons. The zero-order chi connectivity index (χ0) is 12.8. The van der Waals surface area contributed by atoms with Crippen LogP contribution in [0.3, 0.4) is 0 Å². The third-order valence-electron chi connectivity index (χ3n) is 2.77. The molecule has 0 N–H and O–H groups in total. The maximum Gasteiger partial charge on any atom is 0.278 e. The first-order chi connectivity index (χ1) is 8.68. The Morgan fingerprint density at radius 2 is 1.44 bits per heavy atom. The second-order valence-corrected chi connectivity index (χ2v) is 8.40. The Morgan fingerprint density at radius 3 is 2.06 bits per heavy atom. The molecule has 0 aliphatic carbocycles. The van der Waals surface area contributed by atoms with Gasteiger partial charge in [-0.25, -0.2) is 4.99 Å². The van der Waals surface area contributed by atoms with Gasteiger partial charge in [0.2, 0.25) is 0 Å². The lowest BCUT2D eigenvalue weighted by Crippen LogP contribution is -2.44. The number of hydrogen-bond acceptors (Lipinski definition) is 2. The summed E-state index contributed by atoms with van der Waals surface area (Å²) >= 11 is 0. The van der Waals surface area contributed by atoms with E-state index in [4.69, 9.17) is 4.43 Å². The maximum atomic E-state index is 5.87. The maximum absolute atomic E-state index is 5.87. The fraction of sp³-hybridized carbons (Fsp3) is 0.133. The Morgan fingerprint density at radius 1 is 0.889 bits per heavy atom. The van der Waals surface area contributed by atoms with E-state index in [0.29, 0.717) is 0 Å². The predicted molar refractivity (Wildman–Crippen MR) is 79.2 cm³/mol. The highest BCUT2D eigenvalue weighted by molar-refractivity contribution is 6.85. The summed E-state index contributed by atoms with van der Waals surface area (Å²) in [4.78, 5) is 4.30. The van der Waals surface area contributed by atoms with Crippen LogP contribution in [0.4, 0.5) is 5.69 Å². The number of benzene rings is 2. The molecule has 3 heteroatoms. The molecular formula is C15H17NOSi. The van der Waals surface area contributed by atoms with Crippen molar-refractivity contribution in [2.24, 2.45) is 4.99 Å². The van der Waals surface area contributed by atoms with Crippen LogP contribution in [0, 0.1) is 0 Å². The van der Waals surface area contributed by atoms with Crippen LogP contribution in [-0.2, 0) is 4.43 Å². The second-order valence-electron chi connectivity index (χ2n) is 4.56. The first-order valence-electron chi connectivity index (χ1n) is 5.99. The molecular weight excluding hydrogens is 238 g/mol. The van der Waals surface area contributed by atoms with Gasteiger partial charge in [-0.05, 0) is 30.4 Å². The number of nitrogens with zero attached hydrogens (tertiary/aromatic N) is 1. The van der Waals surface area contributed by atoms with Crippen molar-refractivity contribution in [2.45, 2.75) is 13.1 Å². The first-order valence-corrected chi connectivity index (χ1v) is 8.90. The smallest absolute Gasteiger partial charge is 0.278 e. The van der Waals surface area contributed by atoms with E-state index in [2.05, 4.69) is 30.2 Å². The molecule has 0 unspecified atom stereocenters. The van der Waals surface area contributed by atoms with Gasteiger partial charge < -0.3 is 4.43 Å². The Labute approximate surface area is 109 Å². The van der Waals surface area contributed by atoms with Crippen molar-refractivity contribution in [1.82, 2.24) is 0 Å². The molecule has 2 rings (SSSR count). The topological polar surface area (TPSA) is 21.6 Å². The molecule has 0 spiro atoms. The molecule has 2 aromatic rings. The van der Waals surface area contributed by atoms with Crippen LogP contribution in [0.15, 0.2) is 65.7 Å². The van der Waals surface area contributed by atoms with Gasteiger partial charge in [-0.1, -0.05) is 48.5 Å². The largest absolute Gasteiger partial charge is 0.532 e. The third kappa shape index (κ3) is 3.31. The molecule has 2 aromatic carbocycles. The van der Waals surface area contributed by atoms with Crippen molar-refractivity contribution in [3.63, 3.8) is 0 Å². The minimum absolute atomic E-state index is 0.912. The minimum Gasteiger partial charge on any atom is -0.532 e. The van der Waals surface area contributed by atoms with E-state index in [-0.39, 0.29) is 0 Å². The van der Waals surface area contributed by atoms with E-state index in [9.17, 15) is 0 Å². The lowest BCUT2D eigenvalue weighted by atomic mass is 10.3. The van der Waals surface area contributed by atoms with Gasteiger partial charge in [0.25, 0.3) is 8.32 Å². The summed E-state index contributed by atoms with van der Waals surface area (Å²) in [6, 6.07) is 20.1. The average molecular weight is 255 g/mol. The van der Waals surface area contributed by atoms with Crippen LogP contribution in [0.2, 0.25) is 13.1 Å². The molecule has 0 amide bonds. The third-order valence-corrected chi connectivity index (χ3v) is 5.19. The van der Waals surface area contributed by atoms with Crippen molar-refractivity contribution in [3.8, 4) is 0 Å². The van der Waals surface area contributed by atoms with Gasteiger partial charge in [-0.15, -0.1) is 0 Å². The van der Waals surface area contributed by atoms with Gasteiger partial charge in [-0.2, -0.15) is 0 Å². The van der Waals surface area contributed by atoms with Gasteiger partial charge in [0, 0.05) is 0 Å². The van der Waals surface area contributed by atoms with E-state index in [1.165, 1.54) is 5.19 Å². The number of hydrogen-bond donors (Lipinski definition) is 0. The molecule has 2 nitrogen and oxygen atoms in total. The molecule has 0 fully saturated rings. The lowest BCUT2D eigenvalue weighted by molar-refractivity contribution is 0.584. The van der Waals surface area contributed by atoms with E-state index in [0.717, 1.165) is 5.69 Å². The van der Waals surface area contributed by atoms with E-state index in [1.54, 1.807) is 6.40 Å². The van der Waals surface area contributed by atoms with Crippen LogP contribution in [0.5, 0.6) is 0 Å². The standard InChI is InChI=1S/C15H17NOSi/c1-18(2,15-11-7-4-8-12-15)17-13-16-14-9-5-3-6-10-14/h3-13H,1-2H3. The Kier molecular flexibility index (Phi) is 3.94. The molecule has 18 heavy (non-hydrogen) atoms. The average Bonchev–Trinajstić information content (AvgIpc) is 2.41. The van der Waals surface area contributed by atoms with Crippen molar-refractivity contribution in [1.29, 1.82) is 0 Å². The molecule has 0 bridgehead atoms. The van der Waals surface area contributed by atoms with Crippen LogP contribution in [0.1, 0.15) is 0 Å². The van der Waals surface area contributed by atoms with Crippen molar-refractivity contribution < 1.29 is 4.43 Å². The molecule has 0 aliphatic rings. The quantitative estimate of drug-likeness (QED) is 0.466. The number of aliphatic imine (C=N–C) groups is 1. The van der Waals surface area contributed by atoms with Crippen molar-refractivity contribution in [2.75, 3.05) is 0 Å². The van der Waals surface area contributed by atoms with Crippen LogP contribution in [0.25, 0.3) is 0 Å². The zero-order valence-electron chi connectivity index (χ0n) is 10.7. The monoisotopic (exact) mass is 255 g/mol. The van der Waals surface area contributed by atoms with E-state index >= 15 is 0 Å². The fourth-order valence-corrected chi connectivity index (χ4v) is 3.09. The SMILES string of the molecule is C[Si](C)(OC=Nc1ccccc1)c1ccccc1. The molecule has 0 atom stereocenters. The van der Waals surface area contributed by atoms with Crippen molar-refractivity contribution >= 4 is 25.6 Å². The highest BCUT2D eigenvalue weighted by Crippen LogP contribution is 2.10. The first kappa shape index (κ1) is 12.6. The summed E-state index contributed by atoms with van der Waals surface area (Å²) in [5.41, 5.74) is 0.912. The lowest BCUT2D eigenvalue weighted by Gasteiger charge is -2.21. The number of rotatable bonds is 4. The van der Waals surface area contributed by atoms with E-state index in [1.807, 2.05) is 48.5 Å². The normalized spacial score (nSPS) is 11.7. The predicted octanol–water partition coefficient (Wildman–Crippen LogP) is 3.48.